The van der Waals surface area contributed by atoms with Gasteiger partial charge in [-0.05, 0) is 52.3 Å². The van der Waals surface area contributed by atoms with Gasteiger partial charge in [-0.15, -0.1) is 0 Å². The van der Waals surface area contributed by atoms with E-state index in [-0.39, 0.29) is 18.6 Å². The number of carbonyl (C=O) groups excluding carboxylic acids is 1. The van der Waals surface area contributed by atoms with Gasteiger partial charge in [0.15, 0.2) is 12.3 Å². The van der Waals surface area contributed by atoms with Crippen LogP contribution in [0.4, 0.5) is 0 Å². The second kappa shape index (κ2) is 7.15. The number of rotatable bonds is 5. The Morgan fingerprint density at radius 1 is 1.19 bits per heavy atom. The molecule has 0 fully saturated rings. The van der Waals surface area contributed by atoms with Crippen LogP contribution < -0.4 is 10.1 Å². The van der Waals surface area contributed by atoms with Gasteiger partial charge in [0.05, 0.1) is 11.4 Å². The SMILES string of the molecule is Cc1ccc(-n2nc(C)c3c(C)cc(OCC(=O)NC(C)C)nc32)cc1. The molecule has 6 nitrogen and oxygen atoms in total. The van der Waals surface area contributed by atoms with Crippen LogP contribution in [0.1, 0.15) is 30.7 Å². The molecular formula is C20H24N4O2. The van der Waals surface area contributed by atoms with E-state index in [9.17, 15) is 4.79 Å². The van der Waals surface area contributed by atoms with Crippen LogP contribution in [0.5, 0.6) is 5.88 Å². The largest absolute Gasteiger partial charge is 0.468 e. The van der Waals surface area contributed by atoms with Crippen molar-refractivity contribution in [1.29, 1.82) is 0 Å². The van der Waals surface area contributed by atoms with Gasteiger partial charge in [-0.1, -0.05) is 17.7 Å². The topological polar surface area (TPSA) is 69.0 Å². The molecule has 0 spiro atoms. The molecule has 0 saturated carbocycles. The zero-order valence-corrected chi connectivity index (χ0v) is 15.8. The molecular weight excluding hydrogens is 328 g/mol. The molecule has 1 amide bonds. The molecule has 0 unspecified atom stereocenters. The summed E-state index contributed by atoms with van der Waals surface area (Å²) in [6.07, 6.45) is 0. The van der Waals surface area contributed by atoms with Crippen molar-refractivity contribution >= 4 is 16.9 Å². The van der Waals surface area contributed by atoms with Crippen molar-refractivity contribution in [1.82, 2.24) is 20.1 Å². The van der Waals surface area contributed by atoms with Crippen molar-refractivity contribution in [3.63, 3.8) is 0 Å². The predicted octanol–water partition coefficient (Wildman–Crippen LogP) is 3.25. The van der Waals surface area contributed by atoms with E-state index in [4.69, 9.17) is 4.74 Å². The molecule has 1 N–H and O–H groups in total. The normalized spacial score (nSPS) is 11.2. The minimum Gasteiger partial charge on any atom is -0.468 e. The minimum absolute atomic E-state index is 0.0617. The molecule has 0 aliphatic rings. The maximum absolute atomic E-state index is 11.8. The van der Waals surface area contributed by atoms with E-state index >= 15 is 0 Å². The van der Waals surface area contributed by atoms with E-state index in [1.165, 1.54) is 5.56 Å². The quantitative estimate of drug-likeness (QED) is 0.765. The van der Waals surface area contributed by atoms with Crippen LogP contribution in [0.3, 0.4) is 0 Å². The number of nitrogens with one attached hydrogen (secondary N) is 1. The number of pyridine rings is 1. The van der Waals surface area contributed by atoms with E-state index in [0.717, 1.165) is 28.0 Å². The first-order valence-corrected chi connectivity index (χ1v) is 8.71. The average Bonchev–Trinajstić information content (AvgIpc) is 2.90. The summed E-state index contributed by atoms with van der Waals surface area (Å²) in [6, 6.07) is 10.0. The molecule has 6 heteroatoms. The van der Waals surface area contributed by atoms with Gasteiger partial charge in [0.2, 0.25) is 5.88 Å². The van der Waals surface area contributed by atoms with Gasteiger partial charge < -0.3 is 10.1 Å². The number of benzene rings is 1. The Labute approximate surface area is 153 Å². The average molecular weight is 352 g/mol. The molecule has 26 heavy (non-hydrogen) atoms. The Morgan fingerprint density at radius 3 is 2.54 bits per heavy atom. The molecule has 0 bridgehead atoms. The van der Waals surface area contributed by atoms with Crippen LogP contribution in [-0.4, -0.2) is 33.3 Å². The van der Waals surface area contributed by atoms with Gasteiger partial charge in [-0.3, -0.25) is 4.79 Å². The Kier molecular flexibility index (Phi) is 4.93. The lowest BCUT2D eigenvalue weighted by atomic mass is 10.1. The zero-order chi connectivity index (χ0) is 18.8. The fourth-order valence-electron chi connectivity index (χ4n) is 2.92. The summed E-state index contributed by atoms with van der Waals surface area (Å²) in [5, 5.41) is 8.45. The fraction of sp³-hybridized carbons (Fsp3) is 0.350. The highest BCUT2D eigenvalue weighted by molar-refractivity contribution is 5.84. The molecule has 2 heterocycles. The number of carbonyl (C=O) groups is 1. The van der Waals surface area contributed by atoms with Gasteiger partial charge in [0.25, 0.3) is 5.91 Å². The number of aromatic nitrogens is 3. The van der Waals surface area contributed by atoms with Crippen LogP contribution in [0.2, 0.25) is 0 Å². The smallest absolute Gasteiger partial charge is 0.258 e. The summed E-state index contributed by atoms with van der Waals surface area (Å²) in [6.45, 7) is 9.78. The maximum Gasteiger partial charge on any atom is 0.258 e. The minimum atomic E-state index is -0.164. The summed E-state index contributed by atoms with van der Waals surface area (Å²) < 4.78 is 7.43. The lowest BCUT2D eigenvalue weighted by Gasteiger charge is -2.10. The Morgan fingerprint density at radius 2 is 1.88 bits per heavy atom. The molecule has 0 aliphatic heterocycles. The van der Waals surface area contributed by atoms with E-state index in [1.54, 1.807) is 0 Å². The van der Waals surface area contributed by atoms with Gasteiger partial charge in [-0.25, -0.2) is 4.68 Å². The molecule has 136 valence electrons. The van der Waals surface area contributed by atoms with Gasteiger partial charge in [0, 0.05) is 17.5 Å². The Hall–Kier alpha value is -2.89. The summed E-state index contributed by atoms with van der Waals surface area (Å²) in [5.74, 6) is 0.255. The number of aryl methyl sites for hydroxylation is 3. The molecule has 0 radical (unpaired) electrons. The third-order valence-electron chi connectivity index (χ3n) is 4.07. The van der Waals surface area contributed by atoms with Crippen molar-refractivity contribution in [3.8, 4) is 11.6 Å². The van der Waals surface area contributed by atoms with Crippen LogP contribution in [0.25, 0.3) is 16.7 Å². The highest BCUT2D eigenvalue weighted by atomic mass is 16.5. The predicted molar refractivity (Wildman–Crippen MR) is 102 cm³/mol. The van der Waals surface area contributed by atoms with E-state index in [2.05, 4.69) is 15.4 Å². The highest BCUT2D eigenvalue weighted by Crippen LogP contribution is 2.26. The van der Waals surface area contributed by atoms with Gasteiger partial charge >= 0.3 is 0 Å². The number of amides is 1. The molecule has 1 aromatic carbocycles. The molecule has 0 saturated heterocycles. The van der Waals surface area contributed by atoms with Crippen LogP contribution in [0, 0.1) is 20.8 Å². The summed E-state index contributed by atoms with van der Waals surface area (Å²) >= 11 is 0. The first kappa shape index (κ1) is 17.9. The van der Waals surface area contributed by atoms with E-state index in [0.29, 0.717) is 5.88 Å². The molecule has 0 aliphatic carbocycles. The maximum atomic E-state index is 11.8. The van der Waals surface area contributed by atoms with Gasteiger partial charge in [0.1, 0.15) is 0 Å². The second-order valence-corrected chi connectivity index (χ2v) is 6.82. The van der Waals surface area contributed by atoms with Crippen LogP contribution in [0.15, 0.2) is 30.3 Å². The first-order chi connectivity index (χ1) is 12.3. The zero-order valence-electron chi connectivity index (χ0n) is 15.8. The van der Waals surface area contributed by atoms with Crippen molar-refractivity contribution in [2.24, 2.45) is 0 Å². The van der Waals surface area contributed by atoms with Crippen LogP contribution >= 0.6 is 0 Å². The Balaban J connectivity index is 1.97. The summed E-state index contributed by atoms with van der Waals surface area (Å²) in [4.78, 5) is 16.4. The van der Waals surface area contributed by atoms with Crippen molar-refractivity contribution in [3.05, 3.63) is 47.2 Å². The van der Waals surface area contributed by atoms with E-state index < -0.39 is 0 Å². The molecule has 3 aromatic rings. The Bertz CT molecular complexity index is 943. The fourth-order valence-corrected chi connectivity index (χ4v) is 2.92. The number of hydrogen-bond donors (Lipinski definition) is 1. The first-order valence-electron chi connectivity index (χ1n) is 8.71. The van der Waals surface area contributed by atoms with Gasteiger partial charge in [-0.2, -0.15) is 10.1 Å². The van der Waals surface area contributed by atoms with Crippen molar-refractivity contribution in [2.75, 3.05) is 6.61 Å². The molecule has 2 aromatic heterocycles. The lowest BCUT2D eigenvalue weighted by Crippen LogP contribution is -2.34. The molecule has 3 rings (SSSR count). The number of fused-ring (bicyclic) bond motifs is 1. The monoisotopic (exact) mass is 352 g/mol. The summed E-state index contributed by atoms with van der Waals surface area (Å²) in [5.41, 5.74) is 4.78. The molecule has 0 atom stereocenters. The lowest BCUT2D eigenvalue weighted by molar-refractivity contribution is -0.123. The number of ether oxygens (including phenoxy) is 1. The third kappa shape index (κ3) is 3.69. The van der Waals surface area contributed by atoms with E-state index in [1.807, 2.05) is 69.6 Å². The summed E-state index contributed by atoms with van der Waals surface area (Å²) in [7, 11) is 0. The second-order valence-electron chi connectivity index (χ2n) is 6.82. The third-order valence-corrected chi connectivity index (χ3v) is 4.07. The van der Waals surface area contributed by atoms with Crippen LogP contribution in [-0.2, 0) is 4.79 Å². The standard InChI is InChI=1S/C20H24N4O2/c1-12(2)21-17(25)11-26-18-10-14(4)19-15(5)23-24(20(19)22-18)16-8-6-13(3)7-9-16/h6-10,12H,11H2,1-5H3,(H,21,25). The van der Waals surface area contributed by atoms with Crippen molar-refractivity contribution < 1.29 is 9.53 Å². The number of hydrogen-bond acceptors (Lipinski definition) is 4. The highest BCUT2D eigenvalue weighted by Gasteiger charge is 2.15. The number of nitrogens with zero attached hydrogens (tertiary/aromatic N) is 3. The van der Waals surface area contributed by atoms with Crippen molar-refractivity contribution in [2.45, 2.75) is 40.7 Å².